The molecule has 0 spiro atoms. The Morgan fingerprint density at radius 2 is 1.34 bits per heavy atom. The van der Waals surface area contributed by atoms with Crippen molar-refractivity contribution in [1.29, 1.82) is 0 Å². The number of ether oxygens (including phenoxy) is 2. The lowest BCUT2D eigenvalue weighted by atomic mass is 10.0. The number of benzene rings is 1. The van der Waals surface area contributed by atoms with E-state index in [4.69, 9.17) is 14.6 Å². The van der Waals surface area contributed by atoms with Crippen molar-refractivity contribution in [2.24, 2.45) is 0 Å². The molecule has 0 aliphatic carbocycles. The SMILES string of the molecule is CCCCCCCCCCCCCCCCCCOCC(CO)OCc1cc(F)cc(C(=O)O)c1. The average molecular weight is 497 g/mol. The molecule has 1 atom stereocenters. The van der Waals surface area contributed by atoms with Crippen LogP contribution in [0.25, 0.3) is 0 Å². The highest BCUT2D eigenvalue weighted by Gasteiger charge is 2.11. The molecule has 0 saturated carbocycles. The summed E-state index contributed by atoms with van der Waals surface area (Å²) >= 11 is 0. The van der Waals surface area contributed by atoms with E-state index in [2.05, 4.69) is 6.92 Å². The van der Waals surface area contributed by atoms with E-state index in [0.29, 0.717) is 12.2 Å². The zero-order valence-corrected chi connectivity index (χ0v) is 21.9. The summed E-state index contributed by atoms with van der Waals surface area (Å²) in [6.45, 7) is 2.97. The second kappa shape index (κ2) is 21.8. The Kier molecular flexibility index (Phi) is 19.6. The third kappa shape index (κ3) is 17.6. The fraction of sp³-hybridized carbons (Fsp3) is 0.759. The summed E-state index contributed by atoms with van der Waals surface area (Å²) in [5.41, 5.74) is 0.294. The van der Waals surface area contributed by atoms with Crippen molar-refractivity contribution in [2.45, 2.75) is 122 Å². The first-order chi connectivity index (χ1) is 17.1. The monoisotopic (exact) mass is 496 g/mol. The smallest absolute Gasteiger partial charge is 0.335 e. The fourth-order valence-corrected chi connectivity index (χ4v) is 4.19. The molecule has 5 nitrogen and oxygen atoms in total. The molecule has 1 rings (SSSR count). The maximum absolute atomic E-state index is 13.5. The van der Waals surface area contributed by atoms with E-state index < -0.39 is 17.9 Å². The number of aliphatic hydroxyl groups excluding tert-OH is 1. The van der Waals surface area contributed by atoms with Crippen LogP contribution in [0, 0.1) is 5.82 Å². The van der Waals surface area contributed by atoms with Gasteiger partial charge in [0.15, 0.2) is 0 Å². The Balaban J connectivity index is 1.93. The van der Waals surface area contributed by atoms with E-state index >= 15 is 0 Å². The number of aromatic carboxylic acids is 1. The molecule has 0 aliphatic heterocycles. The lowest BCUT2D eigenvalue weighted by Crippen LogP contribution is -2.24. The first-order valence-corrected chi connectivity index (χ1v) is 13.9. The fourth-order valence-electron chi connectivity index (χ4n) is 4.19. The minimum absolute atomic E-state index is 0.0195. The summed E-state index contributed by atoms with van der Waals surface area (Å²) in [5.74, 6) is -1.81. The van der Waals surface area contributed by atoms with Gasteiger partial charge in [0, 0.05) is 6.61 Å². The number of hydrogen-bond acceptors (Lipinski definition) is 4. The molecule has 0 saturated heterocycles. The van der Waals surface area contributed by atoms with E-state index in [9.17, 15) is 14.3 Å². The van der Waals surface area contributed by atoms with Crippen LogP contribution in [-0.2, 0) is 16.1 Å². The maximum Gasteiger partial charge on any atom is 0.335 e. The molecular weight excluding hydrogens is 447 g/mol. The van der Waals surface area contributed by atoms with Crippen LogP contribution < -0.4 is 0 Å². The molecule has 0 radical (unpaired) electrons. The molecule has 2 N–H and O–H groups in total. The molecule has 6 heteroatoms. The number of rotatable bonds is 24. The summed E-state index contributed by atoms with van der Waals surface area (Å²) in [4.78, 5) is 11.0. The van der Waals surface area contributed by atoms with Crippen molar-refractivity contribution < 1.29 is 28.9 Å². The van der Waals surface area contributed by atoms with Gasteiger partial charge in [-0.3, -0.25) is 0 Å². The molecule has 35 heavy (non-hydrogen) atoms. The lowest BCUT2D eigenvalue weighted by molar-refractivity contribution is -0.0503. The van der Waals surface area contributed by atoms with Crippen molar-refractivity contribution in [1.82, 2.24) is 0 Å². The van der Waals surface area contributed by atoms with Crippen LogP contribution in [-0.4, -0.2) is 42.1 Å². The maximum atomic E-state index is 13.5. The van der Waals surface area contributed by atoms with Crippen molar-refractivity contribution in [2.75, 3.05) is 19.8 Å². The summed E-state index contributed by atoms with van der Waals surface area (Å²) in [7, 11) is 0. The van der Waals surface area contributed by atoms with Crippen LogP contribution in [0.1, 0.15) is 126 Å². The standard InChI is InChI=1S/C29H49FO5/c1-2-3-4-5-6-7-8-9-10-11-12-13-14-15-16-17-18-34-24-28(22-31)35-23-25-19-26(29(32)33)21-27(30)20-25/h19-21,28,31H,2-18,22-24H2,1H3,(H,32,33). The van der Waals surface area contributed by atoms with Gasteiger partial charge in [0.2, 0.25) is 0 Å². The number of carboxylic acid groups (broad SMARTS) is 1. The highest BCUT2D eigenvalue weighted by Crippen LogP contribution is 2.14. The van der Waals surface area contributed by atoms with Gasteiger partial charge in [-0.15, -0.1) is 0 Å². The third-order valence-electron chi connectivity index (χ3n) is 6.34. The first kappa shape index (κ1) is 31.5. The zero-order valence-electron chi connectivity index (χ0n) is 21.9. The minimum Gasteiger partial charge on any atom is -0.478 e. The molecule has 0 heterocycles. The first-order valence-electron chi connectivity index (χ1n) is 13.9. The van der Waals surface area contributed by atoms with Gasteiger partial charge < -0.3 is 19.7 Å². The second-order valence-electron chi connectivity index (χ2n) is 9.65. The van der Waals surface area contributed by atoms with Crippen LogP contribution in [0.15, 0.2) is 18.2 Å². The lowest BCUT2D eigenvalue weighted by Gasteiger charge is -2.16. The number of aliphatic hydroxyl groups is 1. The van der Waals surface area contributed by atoms with Crippen molar-refractivity contribution >= 4 is 5.97 Å². The number of halogens is 1. The van der Waals surface area contributed by atoms with E-state index in [1.807, 2.05) is 0 Å². The predicted octanol–water partition coefficient (Wildman–Crippen LogP) is 7.68. The van der Waals surface area contributed by atoms with Gasteiger partial charge in [0.05, 0.1) is 25.4 Å². The molecule has 0 amide bonds. The van der Waals surface area contributed by atoms with E-state index in [1.165, 1.54) is 102 Å². The van der Waals surface area contributed by atoms with Crippen LogP contribution >= 0.6 is 0 Å². The topological polar surface area (TPSA) is 76.0 Å². The third-order valence-corrected chi connectivity index (χ3v) is 6.34. The van der Waals surface area contributed by atoms with E-state index in [0.717, 1.165) is 18.9 Å². The quantitative estimate of drug-likeness (QED) is 0.144. The van der Waals surface area contributed by atoms with Crippen LogP contribution in [0.5, 0.6) is 0 Å². The predicted molar refractivity (Wildman–Crippen MR) is 139 cm³/mol. The zero-order chi connectivity index (χ0) is 25.6. The molecular formula is C29H49FO5. The number of carbonyl (C=O) groups is 1. The van der Waals surface area contributed by atoms with Gasteiger partial charge in [0.1, 0.15) is 11.9 Å². The van der Waals surface area contributed by atoms with Crippen molar-refractivity contribution in [3.05, 3.63) is 35.1 Å². The van der Waals surface area contributed by atoms with Gasteiger partial charge in [-0.05, 0) is 30.2 Å². The Bertz CT molecular complexity index is 652. The summed E-state index contributed by atoms with van der Waals surface area (Å²) in [6, 6.07) is 3.58. The average Bonchev–Trinajstić information content (AvgIpc) is 2.84. The molecule has 1 aromatic carbocycles. The molecule has 202 valence electrons. The summed E-state index contributed by atoms with van der Waals surface area (Å²) in [5, 5.41) is 18.5. The molecule has 0 aliphatic rings. The molecule has 1 unspecified atom stereocenters. The Labute approximate surface area is 212 Å². The highest BCUT2D eigenvalue weighted by atomic mass is 19.1. The van der Waals surface area contributed by atoms with Gasteiger partial charge >= 0.3 is 5.97 Å². The molecule has 1 aromatic rings. The van der Waals surface area contributed by atoms with Crippen molar-refractivity contribution in [3.8, 4) is 0 Å². The second-order valence-corrected chi connectivity index (χ2v) is 9.65. The summed E-state index contributed by atoms with van der Waals surface area (Å²) in [6.07, 6.45) is 20.7. The largest absolute Gasteiger partial charge is 0.478 e. The van der Waals surface area contributed by atoms with Crippen LogP contribution in [0.3, 0.4) is 0 Å². The normalized spacial score (nSPS) is 12.2. The Morgan fingerprint density at radius 1 is 0.829 bits per heavy atom. The number of unbranched alkanes of at least 4 members (excludes halogenated alkanes) is 15. The molecule has 0 aromatic heterocycles. The summed E-state index contributed by atoms with van der Waals surface area (Å²) < 4.78 is 24.7. The van der Waals surface area contributed by atoms with Crippen LogP contribution in [0.2, 0.25) is 0 Å². The highest BCUT2D eigenvalue weighted by molar-refractivity contribution is 5.87. The number of carboxylic acids is 1. The van der Waals surface area contributed by atoms with E-state index in [-0.39, 0.29) is 25.4 Å². The van der Waals surface area contributed by atoms with Gasteiger partial charge in [0.25, 0.3) is 0 Å². The van der Waals surface area contributed by atoms with Gasteiger partial charge in [-0.2, -0.15) is 0 Å². The molecule has 0 bridgehead atoms. The van der Waals surface area contributed by atoms with Gasteiger partial charge in [-0.25, -0.2) is 9.18 Å². The van der Waals surface area contributed by atoms with Crippen LogP contribution in [0.4, 0.5) is 4.39 Å². The van der Waals surface area contributed by atoms with Gasteiger partial charge in [-0.1, -0.05) is 103 Å². The Hall–Kier alpha value is -1.50. The van der Waals surface area contributed by atoms with E-state index in [1.54, 1.807) is 0 Å². The molecule has 0 fully saturated rings. The van der Waals surface area contributed by atoms with Crippen molar-refractivity contribution in [3.63, 3.8) is 0 Å². The minimum atomic E-state index is -1.19. The number of hydrogen-bond donors (Lipinski definition) is 2. The Morgan fingerprint density at radius 3 is 1.83 bits per heavy atom.